The van der Waals surface area contributed by atoms with E-state index in [0.29, 0.717) is 72.1 Å². The summed E-state index contributed by atoms with van der Waals surface area (Å²) in [5.41, 5.74) is 4.03. The average molecular weight is 606 g/mol. The fraction of sp³-hybridized carbons (Fsp3) is 0.387. The van der Waals surface area contributed by atoms with Crippen LogP contribution in [0.25, 0.3) is 22.3 Å². The Morgan fingerprint density at radius 1 is 0.907 bits per heavy atom. The van der Waals surface area contributed by atoms with Crippen LogP contribution in [0.4, 0.5) is 5.69 Å². The van der Waals surface area contributed by atoms with Gasteiger partial charge in [0.2, 0.25) is 0 Å². The van der Waals surface area contributed by atoms with E-state index in [1.807, 2.05) is 54.3 Å². The van der Waals surface area contributed by atoms with E-state index in [9.17, 15) is 13.2 Å². The third kappa shape index (κ3) is 5.47. The average Bonchev–Trinajstić information content (AvgIpc) is 3.57. The number of anilines is 1. The Bertz CT molecular complexity index is 1780. The fourth-order valence-electron chi connectivity index (χ4n) is 5.98. The Kier molecular flexibility index (Phi) is 7.63. The smallest absolute Gasteiger partial charge is 0.254 e. The lowest BCUT2D eigenvalue weighted by molar-refractivity contribution is 0.0748. The third-order valence-electron chi connectivity index (χ3n) is 8.31. The zero-order valence-corrected chi connectivity index (χ0v) is 25.6. The molecule has 2 fully saturated rings. The van der Waals surface area contributed by atoms with Crippen molar-refractivity contribution < 1.29 is 27.4 Å². The van der Waals surface area contributed by atoms with Gasteiger partial charge in [0.05, 0.1) is 61.2 Å². The highest BCUT2D eigenvalue weighted by Crippen LogP contribution is 2.36. The Hall–Kier alpha value is -4.32. The molecule has 1 unspecified atom stereocenters. The number of aryl methyl sites for hydroxylation is 1. The SMILES string of the molecule is COc1ccc(N2CCN(C(=O)c3cc(-c4ccc(OC)c(OC)c4)nc4c3c(C)nn4C3CCS(=O)(=O)C3)CC2)cc1. The summed E-state index contributed by atoms with van der Waals surface area (Å²) in [6, 6.07) is 14.9. The van der Waals surface area contributed by atoms with Crippen molar-refractivity contribution in [1.82, 2.24) is 19.7 Å². The van der Waals surface area contributed by atoms with Crippen LogP contribution in [-0.4, -0.2) is 93.0 Å². The lowest BCUT2D eigenvalue weighted by Crippen LogP contribution is -2.48. The molecule has 1 atom stereocenters. The van der Waals surface area contributed by atoms with Gasteiger partial charge in [0.15, 0.2) is 27.0 Å². The number of rotatable bonds is 7. The van der Waals surface area contributed by atoms with E-state index in [1.165, 1.54) is 0 Å². The van der Waals surface area contributed by atoms with Crippen molar-refractivity contribution in [2.75, 3.05) is 63.9 Å². The minimum Gasteiger partial charge on any atom is -0.497 e. The zero-order chi connectivity index (χ0) is 30.3. The second-order valence-electron chi connectivity index (χ2n) is 10.9. The van der Waals surface area contributed by atoms with E-state index in [4.69, 9.17) is 24.3 Å². The van der Waals surface area contributed by atoms with Gasteiger partial charge < -0.3 is 24.0 Å². The molecule has 4 heterocycles. The highest BCUT2D eigenvalue weighted by atomic mass is 32.2. The second-order valence-corrected chi connectivity index (χ2v) is 13.1. The van der Waals surface area contributed by atoms with Crippen LogP contribution in [0.15, 0.2) is 48.5 Å². The number of ether oxygens (including phenoxy) is 3. The fourth-order valence-corrected chi connectivity index (χ4v) is 7.67. The predicted octanol–water partition coefficient (Wildman–Crippen LogP) is 3.75. The molecular weight excluding hydrogens is 570 g/mol. The molecule has 0 aliphatic carbocycles. The first-order valence-electron chi connectivity index (χ1n) is 14.2. The van der Waals surface area contributed by atoms with Gasteiger partial charge in [-0.1, -0.05) is 0 Å². The number of methoxy groups -OCH3 is 3. The van der Waals surface area contributed by atoms with Crippen LogP contribution in [0.5, 0.6) is 17.2 Å². The van der Waals surface area contributed by atoms with Crippen LogP contribution in [0, 0.1) is 6.92 Å². The van der Waals surface area contributed by atoms with E-state index < -0.39 is 9.84 Å². The van der Waals surface area contributed by atoms with Gasteiger partial charge >= 0.3 is 0 Å². The van der Waals surface area contributed by atoms with Crippen LogP contribution in [0.3, 0.4) is 0 Å². The summed E-state index contributed by atoms with van der Waals surface area (Å²) in [5, 5.41) is 5.39. The van der Waals surface area contributed by atoms with Gasteiger partial charge in [-0.3, -0.25) is 4.79 Å². The number of fused-ring (bicyclic) bond motifs is 1. The standard InChI is InChI=1S/C31H35N5O6S/c1-20-29-25(31(37)35-14-12-34(13-15-35)22-6-8-24(40-2)9-7-22)18-26(21-5-10-27(41-3)28(17-21)42-4)32-30(29)36(33-20)23-11-16-43(38,39)19-23/h5-10,17-18,23H,11-16,19H2,1-4H3. The molecule has 4 aromatic rings. The maximum atomic E-state index is 14.2. The lowest BCUT2D eigenvalue weighted by Gasteiger charge is -2.36. The minimum absolute atomic E-state index is 0.00207. The number of aromatic nitrogens is 3. The Labute approximate surface area is 250 Å². The van der Waals surface area contributed by atoms with E-state index in [-0.39, 0.29) is 23.5 Å². The molecule has 11 nitrogen and oxygen atoms in total. The van der Waals surface area contributed by atoms with Gasteiger partial charge in [0, 0.05) is 37.4 Å². The summed E-state index contributed by atoms with van der Waals surface area (Å²) < 4.78 is 42.7. The summed E-state index contributed by atoms with van der Waals surface area (Å²) >= 11 is 0. The summed E-state index contributed by atoms with van der Waals surface area (Å²) in [7, 11) is 1.62. The van der Waals surface area contributed by atoms with Crippen molar-refractivity contribution >= 4 is 32.5 Å². The molecule has 0 N–H and O–H groups in total. The first-order valence-corrected chi connectivity index (χ1v) is 16.0. The number of hydrogen-bond donors (Lipinski definition) is 0. The van der Waals surface area contributed by atoms with Gasteiger partial charge in [-0.25, -0.2) is 18.1 Å². The van der Waals surface area contributed by atoms with E-state index >= 15 is 0 Å². The molecule has 226 valence electrons. The number of nitrogens with zero attached hydrogens (tertiary/aromatic N) is 5. The molecule has 0 saturated carbocycles. The number of hydrogen-bond acceptors (Lipinski definition) is 9. The van der Waals surface area contributed by atoms with Crippen LogP contribution < -0.4 is 19.1 Å². The van der Waals surface area contributed by atoms with E-state index in [1.54, 1.807) is 32.1 Å². The minimum atomic E-state index is -3.16. The Balaban J connectivity index is 1.38. The molecule has 12 heteroatoms. The molecule has 6 rings (SSSR count). The van der Waals surface area contributed by atoms with Gasteiger partial charge in [-0.05, 0) is 61.9 Å². The number of carbonyl (C=O) groups is 1. The first kappa shape index (κ1) is 28.8. The maximum Gasteiger partial charge on any atom is 0.254 e. The quantitative estimate of drug-likeness (QED) is 0.311. The molecular formula is C31H35N5O6S. The number of carbonyl (C=O) groups excluding carboxylic acids is 1. The highest BCUT2D eigenvalue weighted by Gasteiger charge is 2.33. The van der Waals surface area contributed by atoms with Crippen molar-refractivity contribution in [3.8, 4) is 28.5 Å². The van der Waals surface area contributed by atoms with E-state index in [0.717, 1.165) is 17.0 Å². The summed E-state index contributed by atoms with van der Waals surface area (Å²) in [6.45, 7) is 4.32. The normalized spacial score (nSPS) is 18.2. The van der Waals surface area contributed by atoms with Crippen molar-refractivity contribution in [2.24, 2.45) is 0 Å². The molecule has 0 bridgehead atoms. The summed E-state index contributed by atoms with van der Waals surface area (Å²) in [5.74, 6) is 1.92. The molecule has 2 aromatic carbocycles. The Morgan fingerprint density at radius 2 is 1.63 bits per heavy atom. The monoisotopic (exact) mass is 605 g/mol. The molecule has 43 heavy (non-hydrogen) atoms. The number of sulfone groups is 1. The van der Waals surface area contributed by atoms with E-state index in [2.05, 4.69) is 4.90 Å². The van der Waals surface area contributed by atoms with Crippen molar-refractivity contribution in [3.63, 3.8) is 0 Å². The predicted molar refractivity (Wildman–Crippen MR) is 164 cm³/mol. The van der Waals surface area contributed by atoms with Gasteiger partial charge in [-0.2, -0.15) is 5.10 Å². The first-order chi connectivity index (χ1) is 20.7. The number of pyridine rings is 1. The molecule has 2 aliphatic rings. The zero-order valence-electron chi connectivity index (χ0n) is 24.7. The number of piperazine rings is 1. The second kappa shape index (κ2) is 11.4. The molecule has 2 aromatic heterocycles. The largest absolute Gasteiger partial charge is 0.497 e. The Morgan fingerprint density at radius 3 is 2.26 bits per heavy atom. The van der Waals surface area contributed by atoms with Crippen molar-refractivity contribution in [1.29, 1.82) is 0 Å². The number of benzene rings is 2. The van der Waals surface area contributed by atoms with Gasteiger partial charge in [0.25, 0.3) is 5.91 Å². The molecule has 2 aliphatic heterocycles. The van der Waals surface area contributed by atoms with Crippen LogP contribution in [-0.2, 0) is 9.84 Å². The lowest BCUT2D eigenvalue weighted by atomic mass is 10.0. The third-order valence-corrected chi connectivity index (χ3v) is 10.1. The number of amides is 1. The molecule has 0 spiro atoms. The van der Waals surface area contributed by atoms with Gasteiger partial charge in [0.1, 0.15) is 5.75 Å². The van der Waals surface area contributed by atoms with Crippen molar-refractivity contribution in [2.45, 2.75) is 19.4 Å². The highest BCUT2D eigenvalue weighted by molar-refractivity contribution is 7.91. The van der Waals surface area contributed by atoms with Crippen LogP contribution >= 0.6 is 0 Å². The summed E-state index contributed by atoms with van der Waals surface area (Å²) in [6.07, 6.45) is 0.456. The molecule has 2 saturated heterocycles. The topological polar surface area (TPSA) is 116 Å². The summed E-state index contributed by atoms with van der Waals surface area (Å²) in [4.78, 5) is 23.3. The van der Waals surface area contributed by atoms with Crippen LogP contribution in [0.2, 0.25) is 0 Å². The maximum absolute atomic E-state index is 14.2. The van der Waals surface area contributed by atoms with Crippen molar-refractivity contribution in [3.05, 3.63) is 59.8 Å². The molecule has 0 radical (unpaired) electrons. The van der Waals surface area contributed by atoms with Gasteiger partial charge in [-0.15, -0.1) is 0 Å². The molecule has 1 amide bonds. The van der Waals surface area contributed by atoms with Crippen LogP contribution in [0.1, 0.15) is 28.5 Å².